The monoisotopic (exact) mass is 901 g/mol. The van der Waals surface area contributed by atoms with Crippen LogP contribution in [0.3, 0.4) is 0 Å². The van der Waals surface area contributed by atoms with Crippen LogP contribution in [0.5, 0.6) is 5.75 Å². The summed E-state index contributed by atoms with van der Waals surface area (Å²) in [6, 6.07) is 34.2. The van der Waals surface area contributed by atoms with Gasteiger partial charge in [-0.3, -0.25) is 24.5 Å². The third-order valence-electron chi connectivity index (χ3n) is 10.4. The van der Waals surface area contributed by atoms with Gasteiger partial charge in [-0.1, -0.05) is 24.3 Å². The van der Waals surface area contributed by atoms with Crippen molar-refractivity contribution < 1.29 is 14.7 Å². The van der Waals surface area contributed by atoms with Crippen LogP contribution in [0.25, 0.3) is 22.5 Å². The lowest BCUT2D eigenvalue weighted by molar-refractivity contribution is 0.101. The zero-order valence-corrected chi connectivity index (χ0v) is 38.7. The molecule has 0 saturated carbocycles. The summed E-state index contributed by atoms with van der Waals surface area (Å²) in [5.74, 6) is -0.251. The maximum atomic E-state index is 12.9. The zero-order chi connectivity index (χ0) is 45.9. The lowest BCUT2D eigenvalue weighted by Crippen LogP contribution is -2.36. The summed E-state index contributed by atoms with van der Waals surface area (Å²) in [6.07, 6.45) is 7.07. The van der Waals surface area contributed by atoms with Gasteiger partial charge in [0.1, 0.15) is 5.75 Å². The Morgan fingerprint density at radius 2 is 1.06 bits per heavy atom. The highest BCUT2D eigenvalue weighted by Gasteiger charge is 2.15. The number of carbonyl (C=O) groups is 2. The van der Waals surface area contributed by atoms with Gasteiger partial charge >= 0.3 is 0 Å². The molecule has 0 atom stereocenters. The standard InChI is InChI=1S/C29H33N5OS.C22H18N4O2S/c1-19(2)34(20(3)4)17-22-9-11-23(12-10-22)28(35)31-25-13-8-21(5)26(15-25)32-29-33-27(18-36-29)24-7-6-14-30-16-24;1-14-4-7-17(24-21(28)15-5-8-18(27)9-6-15)11-19(14)25-22-26-20(13-29-22)16-3-2-10-23-12-16/h6-16,18-20H,17H2,1-5H3,(H,31,35)(H,32,33);2-13,27H,1H3,(H,24,28)(H,25,26). The normalized spacial score (nSPS) is 11.0. The van der Waals surface area contributed by atoms with Gasteiger partial charge in [-0.15, -0.1) is 22.7 Å². The average Bonchev–Trinajstić information content (AvgIpc) is 3.99. The molecule has 5 N–H and O–H groups in total. The van der Waals surface area contributed by atoms with E-state index >= 15 is 0 Å². The number of phenols is 1. The molecule has 0 aliphatic heterocycles. The molecule has 0 spiro atoms. The zero-order valence-electron chi connectivity index (χ0n) is 37.0. The van der Waals surface area contributed by atoms with Crippen molar-refractivity contribution in [2.24, 2.45) is 0 Å². The number of anilines is 6. The second kappa shape index (κ2) is 21.4. The van der Waals surface area contributed by atoms with Crippen molar-refractivity contribution in [2.45, 2.75) is 60.2 Å². The van der Waals surface area contributed by atoms with Crippen molar-refractivity contribution >= 4 is 67.5 Å². The molecule has 65 heavy (non-hydrogen) atoms. The lowest BCUT2D eigenvalue weighted by atomic mass is 10.1. The summed E-state index contributed by atoms with van der Waals surface area (Å²) in [5.41, 5.74) is 11.2. The van der Waals surface area contributed by atoms with Crippen molar-refractivity contribution in [3.8, 4) is 28.3 Å². The molecule has 4 aromatic heterocycles. The van der Waals surface area contributed by atoms with Gasteiger partial charge in [0.15, 0.2) is 10.3 Å². The number of rotatable bonds is 14. The average molecular weight is 902 g/mol. The molecule has 0 aliphatic carbocycles. The van der Waals surface area contributed by atoms with E-state index in [0.29, 0.717) is 28.9 Å². The number of pyridine rings is 2. The fourth-order valence-electron chi connectivity index (χ4n) is 6.81. The molecular formula is C51H51N9O3S2. The van der Waals surface area contributed by atoms with Crippen LogP contribution in [-0.2, 0) is 6.54 Å². The number of hydrogen-bond donors (Lipinski definition) is 5. The third-order valence-corrected chi connectivity index (χ3v) is 11.9. The number of carbonyl (C=O) groups excluding carboxylic acids is 2. The van der Waals surface area contributed by atoms with Crippen molar-refractivity contribution in [3.05, 3.63) is 173 Å². The van der Waals surface area contributed by atoms with E-state index in [1.54, 1.807) is 36.9 Å². The van der Waals surface area contributed by atoms with Gasteiger partial charge in [-0.05, 0) is 143 Å². The molecule has 14 heteroatoms. The molecule has 0 fully saturated rings. The van der Waals surface area contributed by atoms with Crippen LogP contribution in [0.4, 0.5) is 33.0 Å². The molecule has 330 valence electrons. The van der Waals surface area contributed by atoms with E-state index in [-0.39, 0.29) is 17.6 Å². The highest BCUT2D eigenvalue weighted by molar-refractivity contribution is 7.14. The van der Waals surface area contributed by atoms with E-state index in [4.69, 9.17) is 0 Å². The second-order valence-electron chi connectivity index (χ2n) is 15.9. The van der Waals surface area contributed by atoms with Crippen molar-refractivity contribution in [3.63, 3.8) is 0 Å². The topological polar surface area (TPSA) is 157 Å². The Hall–Kier alpha value is -7.26. The first-order valence-corrected chi connectivity index (χ1v) is 22.9. The van der Waals surface area contributed by atoms with Crippen LogP contribution >= 0.6 is 22.7 Å². The largest absolute Gasteiger partial charge is 0.508 e. The first-order chi connectivity index (χ1) is 31.4. The molecule has 2 amide bonds. The maximum Gasteiger partial charge on any atom is 0.255 e. The number of thiazole rings is 2. The molecule has 0 bridgehead atoms. The minimum absolute atomic E-state index is 0.123. The summed E-state index contributed by atoms with van der Waals surface area (Å²) in [4.78, 5) is 45.4. The molecule has 8 rings (SSSR count). The van der Waals surface area contributed by atoms with Gasteiger partial charge in [0.05, 0.1) is 11.4 Å². The minimum atomic E-state index is -0.243. The Kier molecular flexibility index (Phi) is 15.1. The summed E-state index contributed by atoms with van der Waals surface area (Å²) in [5, 5.41) is 27.5. The summed E-state index contributed by atoms with van der Waals surface area (Å²) in [7, 11) is 0. The fraction of sp³-hybridized carbons (Fsp3) is 0.176. The molecule has 8 aromatic rings. The number of amides is 2. The van der Waals surface area contributed by atoms with Gasteiger partial charge in [-0.25, -0.2) is 9.97 Å². The van der Waals surface area contributed by atoms with Crippen LogP contribution in [0.1, 0.15) is 65.1 Å². The van der Waals surface area contributed by atoms with Gasteiger partial charge in [-0.2, -0.15) is 0 Å². The number of phenolic OH excluding ortho intramolecular Hbond substituents is 1. The summed E-state index contributed by atoms with van der Waals surface area (Å²) >= 11 is 3.04. The van der Waals surface area contributed by atoms with E-state index in [0.717, 1.165) is 67.5 Å². The molecule has 0 saturated heterocycles. The Morgan fingerprint density at radius 3 is 1.48 bits per heavy atom. The van der Waals surface area contributed by atoms with Gasteiger partial charge in [0, 0.05) is 99.2 Å². The van der Waals surface area contributed by atoms with Crippen LogP contribution in [0.2, 0.25) is 0 Å². The van der Waals surface area contributed by atoms with E-state index in [9.17, 15) is 14.7 Å². The minimum Gasteiger partial charge on any atom is -0.508 e. The Morgan fingerprint density at radius 1 is 0.615 bits per heavy atom. The highest BCUT2D eigenvalue weighted by Crippen LogP contribution is 2.31. The Bertz CT molecular complexity index is 2820. The summed E-state index contributed by atoms with van der Waals surface area (Å²) < 4.78 is 0. The number of hydrogen-bond acceptors (Lipinski definition) is 12. The first kappa shape index (κ1) is 45.8. The predicted molar refractivity (Wildman–Crippen MR) is 266 cm³/mol. The first-order valence-electron chi connectivity index (χ1n) is 21.1. The number of aromatic nitrogens is 4. The van der Waals surface area contributed by atoms with E-state index in [2.05, 4.69) is 73.8 Å². The molecule has 0 aliphatic rings. The van der Waals surface area contributed by atoms with Crippen molar-refractivity contribution in [2.75, 3.05) is 21.3 Å². The fourth-order valence-corrected chi connectivity index (χ4v) is 8.27. The molecule has 0 unspecified atom stereocenters. The Labute approximate surface area is 387 Å². The molecular weight excluding hydrogens is 851 g/mol. The molecule has 4 heterocycles. The van der Waals surface area contributed by atoms with Crippen LogP contribution < -0.4 is 21.3 Å². The van der Waals surface area contributed by atoms with Crippen molar-refractivity contribution in [1.82, 2.24) is 24.8 Å². The van der Waals surface area contributed by atoms with E-state index in [1.165, 1.54) is 40.4 Å². The number of benzene rings is 4. The number of aryl methyl sites for hydroxylation is 2. The molecule has 4 aromatic carbocycles. The van der Waals surface area contributed by atoms with Crippen molar-refractivity contribution in [1.29, 1.82) is 0 Å². The van der Waals surface area contributed by atoms with Crippen LogP contribution in [-0.4, -0.2) is 53.8 Å². The number of nitrogens with one attached hydrogen (secondary N) is 4. The molecule has 0 radical (unpaired) electrons. The third kappa shape index (κ3) is 12.5. The molecule has 12 nitrogen and oxygen atoms in total. The van der Waals surface area contributed by atoms with Gasteiger partial charge < -0.3 is 26.4 Å². The quantitative estimate of drug-likeness (QED) is 0.0711. The Balaban J connectivity index is 0.000000198. The number of nitrogens with zero attached hydrogens (tertiary/aromatic N) is 5. The SMILES string of the molecule is Cc1ccc(NC(=O)c2ccc(CN(C(C)C)C(C)C)cc2)cc1Nc1nc(-c2cccnc2)cs1.Cc1ccc(NC(=O)c2ccc(O)cc2)cc1Nc1nc(-c2cccnc2)cs1. The smallest absolute Gasteiger partial charge is 0.255 e. The van der Waals surface area contributed by atoms with Gasteiger partial charge in [0.2, 0.25) is 0 Å². The van der Waals surface area contributed by atoms with E-state index in [1.807, 2.05) is 110 Å². The highest BCUT2D eigenvalue weighted by atomic mass is 32.1. The maximum absolute atomic E-state index is 12.9. The van der Waals surface area contributed by atoms with Crippen LogP contribution in [0.15, 0.2) is 145 Å². The second-order valence-corrected chi connectivity index (χ2v) is 17.6. The summed E-state index contributed by atoms with van der Waals surface area (Å²) in [6.45, 7) is 13.7. The predicted octanol–water partition coefficient (Wildman–Crippen LogP) is 12.3. The number of aromatic hydroxyl groups is 1. The lowest BCUT2D eigenvalue weighted by Gasteiger charge is -2.30. The van der Waals surface area contributed by atoms with Gasteiger partial charge in [0.25, 0.3) is 11.8 Å². The van der Waals surface area contributed by atoms with E-state index < -0.39 is 0 Å². The van der Waals surface area contributed by atoms with Crippen LogP contribution in [0, 0.1) is 13.8 Å².